The number of para-hydroxylation sites is 4. The lowest BCUT2D eigenvalue weighted by atomic mass is 9.31. The molecule has 0 N–H and O–H groups in total. The van der Waals surface area contributed by atoms with E-state index >= 15 is 0 Å². The molecule has 0 fully saturated rings. The van der Waals surface area contributed by atoms with Crippen molar-refractivity contribution in [2.24, 2.45) is 5.41 Å². The average molecular weight is 696 g/mol. The number of anilines is 7. The molecule has 3 aliphatic rings. The van der Waals surface area contributed by atoms with E-state index in [0.717, 1.165) is 23.5 Å². The van der Waals surface area contributed by atoms with Crippen molar-refractivity contribution in [3.63, 3.8) is 0 Å². The van der Waals surface area contributed by atoms with Crippen molar-refractivity contribution >= 4 is 68.2 Å². The molecule has 0 saturated heterocycles. The maximum atomic E-state index is 2.63. The molecule has 1 atom stereocenters. The van der Waals surface area contributed by atoms with Gasteiger partial charge in [-0.25, -0.2) is 0 Å². The molecule has 0 saturated carbocycles. The standard InChI is InChI=1S/C50H42BN3/c1-50(2,3)36-32-47-49-48(33-36)54(44-29-17-19-35-18-13-14-26-41(35)44)46-34-40(52(37-20-7-4-8-21-37)38-22-9-5-10-23-38)30-31-43(46)51(49)42-27-15-16-28-45(42)53(47)39-24-11-6-12-25-39/h4-31,33-34,47H,32H2,1-3H3. The third-order valence-corrected chi connectivity index (χ3v) is 11.6. The molecule has 0 radical (unpaired) electrons. The smallest absolute Gasteiger partial charge is 0.247 e. The highest BCUT2D eigenvalue weighted by atomic mass is 15.2. The highest BCUT2D eigenvalue weighted by molar-refractivity contribution is 6.94. The molecule has 54 heavy (non-hydrogen) atoms. The van der Waals surface area contributed by atoms with E-state index in [0.29, 0.717) is 0 Å². The fourth-order valence-corrected chi connectivity index (χ4v) is 9.12. The lowest BCUT2D eigenvalue weighted by Gasteiger charge is -2.51. The van der Waals surface area contributed by atoms with Gasteiger partial charge in [-0.1, -0.05) is 142 Å². The van der Waals surface area contributed by atoms with Crippen molar-refractivity contribution in [2.75, 3.05) is 14.7 Å². The zero-order chi connectivity index (χ0) is 36.4. The molecule has 3 nitrogen and oxygen atoms in total. The Hall–Kier alpha value is -6.26. The summed E-state index contributed by atoms with van der Waals surface area (Å²) in [6.07, 6.45) is 3.52. The van der Waals surface area contributed by atoms with Crippen LogP contribution in [0.15, 0.2) is 199 Å². The Bertz CT molecular complexity index is 2540. The predicted molar refractivity (Wildman–Crippen MR) is 230 cm³/mol. The van der Waals surface area contributed by atoms with Crippen LogP contribution in [0.4, 0.5) is 39.8 Å². The Balaban J connectivity index is 1.30. The number of hydrogen-bond acceptors (Lipinski definition) is 3. The maximum absolute atomic E-state index is 2.63. The molecule has 7 aromatic rings. The summed E-state index contributed by atoms with van der Waals surface area (Å²) < 4.78 is 0. The lowest BCUT2D eigenvalue weighted by molar-refractivity contribution is 0.467. The van der Waals surface area contributed by atoms with E-state index in [2.05, 4.69) is 217 Å². The van der Waals surface area contributed by atoms with Crippen molar-refractivity contribution in [3.8, 4) is 0 Å². The van der Waals surface area contributed by atoms with Crippen molar-refractivity contribution in [1.82, 2.24) is 0 Å². The highest BCUT2D eigenvalue weighted by Crippen LogP contribution is 2.51. The molecule has 7 aromatic carbocycles. The van der Waals surface area contributed by atoms with Gasteiger partial charge in [0.05, 0.1) is 11.7 Å². The third kappa shape index (κ3) is 5.20. The van der Waals surface area contributed by atoms with Crippen molar-refractivity contribution in [3.05, 3.63) is 199 Å². The molecule has 0 amide bonds. The monoisotopic (exact) mass is 695 g/mol. The number of benzene rings is 7. The van der Waals surface area contributed by atoms with Gasteiger partial charge < -0.3 is 14.7 Å². The fourth-order valence-electron chi connectivity index (χ4n) is 9.12. The van der Waals surface area contributed by atoms with Gasteiger partial charge in [0.15, 0.2) is 0 Å². The van der Waals surface area contributed by atoms with Gasteiger partial charge in [0.2, 0.25) is 6.71 Å². The Labute approximate surface area is 319 Å². The first-order chi connectivity index (χ1) is 26.5. The molecular formula is C50H42BN3. The van der Waals surface area contributed by atoms with Crippen LogP contribution in [0, 0.1) is 5.41 Å². The van der Waals surface area contributed by atoms with Gasteiger partial charge in [-0.2, -0.15) is 0 Å². The number of hydrogen-bond donors (Lipinski definition) is 0. The van der Waals surface area contributed by atoms with Crippen LogP contribution in [0.1, 0.15) is 27.2 Å². The first kappa shape index (κ1) is 32.4. The van der Waals surface area contributed by atoms with Gasteiger partial charge in [0.1, 0.15) is 0 Å². The molecule has 1 unspecified atom stereocenters. The number of nitrogens with zero attached hydrogens (tertiary/aromatic N) is 3. The molecule has 0 bridgehead atoms. The highest BCUT2D eigenvalue weighted by Gasteiger charge is 2.49. The Kier molecular flexibility index (Phi) is 7.62. The molecule has 2 heterocycles. The minimum atomic E-state index is -0.0165. The van der Waals surface area contributed by atoms with Gasteiger partial charge in [0.25, 0.3) is 0 Å². The molecule has 4 heteroatoms. The second-order valence-corrected chi connectivity index (χ2v) is 15.8. The predicted octanol–water partition coefficient (Wildman–Crippen LogP) is 11.8. The summed E-state index contributed by atoms with van der Waals surface area (Å²) in [5, 5.41) is 2.48. The summed E-state index contributed by atoms with van der Waals surface area (Å²) in [6.45, 7) is 7.23. The van der Waals surface area contributed by atoms with E-state index < -0.39 is 0 Å². The molecular weight excluding hydrogens is 653 g/mol. The summed E-state index contributed by atoms with van der Waals surface area (Å²) in [7, 11) is 0. The normalized spacial score (nSPS) is 16.1. The molecule has 0 aromatic heterocycles. The van der Waals surface area contributed by atoms with Crippen LogP contribution in [0.5, 0.6) is 0 Å². The first-order valence-corrected chi connectivity index (χ1v) is 19.2. The maximum Gasteiger partial charge on any atom is 0.247 e. The molecule has 10 rings (SSSR count). The van der Waals surface area contributed by atoms with Gasteiger partial charge in [-0.05, 0) is 100 Å². The molecule has 0 spiro atoms. The number of fused-ring (bicyclic) bond motifs is 5. The summed E-state index contributed by atoms with van der Waals surface area (Å²) in [6, 6.07) is 64.6. The zero-order valence-electron chi connectivity index (χ0n) is 31.0. The van der Waals surface area contributed by atoms with Crippen molar-refractivity contribution in [1.29, 1.82) is 0 Å². The summed E-state index contributed by atoms with van der Waals surface area (Å²) in [5.74, 6) is 0. The molecule has 2 aliphatic heterocycles. The summed E-state index contributed by atoms with van der Waals surface area (Å²) in [4.78, 5) is 7.63. The van der Waals surface area contributed by atoms with E-state index in [-0.39, 0.29) is 18.2 Å². The van der Waals surface area contributed by atoms with Gasteiger partial charge >= 0.3 is 0 Å². The van der Waals surface area contributed by atoms with Crippen LogP contribution in [-0.2, 0) is 0 Å². The van der Waals surface area contributed by atoms with Crippen LogP contribution in [-0.4, -0.2) is 12.8 Å². The van der Waals surface area contributed by atoms with Crippen LogP contribution < -0.4 is 25.6 Å². The lowest BCUT2D eigenvalue weighted by Crippen LogP contribution is -2.61. The van der Waals surface area contributed by atoms with Gasteiger partial charge in [-0.3, -0.25) is 0 Å². The second-order valence-electron chi connectivity index (χ2n) is 15.8. The minimum absolute atomic E-state index is 0.0165. The van der Waals surface area contributed by atoms with Crippen molar-refractivity contribution < 1.29 is 0 Å². The van der Waals surface area contributed by atoms with Gasteiger partial charge in [-0.15, -0.1) is 0 Å². The number of allylic oxidation sites excluding steroid dienone is 1. The fraction of sp³-hybridized carbons (Fsp3) is 0.120. The molecule has 1 aliphatic carbocycles. The minimum Gasteiger partial charge on any atom is -0.335 e. The van der Waals surface area contributed by atoms with Gasteiger partial charge in [0, 0.05) is 45.2 Å². The Morgan fingerprint density at radius 2 is 1.15 bits per heavy atom. The van der Waals surface area contributed by atoms with Crippen LogP contribution in [0.25, 0.3) is 10.8 Å². The van der Waals surface area contributed by atoms with E-state index in [4.69, 9.17) is 0 Å². The van der Waals surface area contributed by atoms with Crippen LogP contribution in [0.3, 0.4) is 0 Å². The van der Waals surface area contributed by atoms with Crippen LogP contribution in [0.2, 0.25) is 0 Å². The van der Waals surface area contributed by atoms with E-state index in [1.165, 1.54) is 61.2 Å². The zero-order valence-corrected chi connectivity index (χ0v) is 31.0. The Morgan fingerprint density at radius 3 is 1.87 bits per heavy atom. The second kappa shape index (κ2) is 12.7. The quantitative estimate of drug-likeness (QED) is 0.166. The SMILES string of the molecule is CC(C)(C)C1=CC2=C3B(c4ccc(N(c5ccccc5)c5ccccc5)cc4N2c2cccc4ccccc24)c2ccccc2N(c2ccccc2)C3C1. The topological polar surface area (TPSA) is 9.72 Å². The largest absolute Gasteiger partial charge is 0.335 e. The first-order valence-electron chi connectivity index (χ1n) is 19.2. The average Bonchev–Trinajstić information content (AvgIpc) is 3.21. The third-order valence-electron chi connectivity index (χ3n) is 11.6. The Morgan fingerprint density at radius 1 is 0.556 bits per heavy atom. The van der Waals surface area contributed by atoms with E-state index in [1.807, 2.05) is 0 Å². The summed E-state index contributed by atoms with van der Waals surface area (Å²) in [5.41, 5.74) is 15.2. The summed E-state index contributed by atoms with van der Waals surface area (Å²) >= 11 is 0. The van der Waals surface area contributed by atoms with Crippen LogP contribution >= 0.6 is 0 Å². The van der Waals surface area contributed by atoms with E-state index in [1.54, 1.807) is 0 Å². The van der Waals surface area contributed by atoms with E-state index in [9.17, 15) is 0 Å². The number of rotatable bonds is 5. The van der Waals surface area contributed by atoms with Crippen molar-refractivity contribution in [2.45, 2.75) is 33.2 Å². The molecule has 260 valence electrons.